The molecule has 1 fully saturated rings. The lowest BCUT2D eigenvalue weighted by Gasteiger charge is -2.32. The highest BCUT2D eigenvalue weighted by molar-refractivity contribution is 5.95. The number of pyridine rings is 1. The third kappa shape index (κ3) is 4.84. The van der Waals surface area contributed by atoms with Gasteiger partial charge >= 0.3 is 6.03 Å². The maximum Gasteiger partial charge on any atom is 0.315 e. The van der Waals surface area contributed by atoms with Gasteiger partial charge in [-0.25, -0.2) is 4.79 Å². The van der Waals surface area contributed by atoms with Gasteiger partial charge in [0.15, 0.2) is 0 Å². The van der Waals surface area contributed by atoms with E-state index in [0.717, 1.165) is 5.56 Å². The van der Waals surface area contributed by atoms with Crippen LogP contribution < -0.4 is 16.2 Å². The lowest BCUT2D eigenvalue weighted by Crippen LogP contribution is -2.49. The van der Waals surface area contributed by atoms with Gasteiger partial charge in [-0.15, -0.1) is 0 Å². The highest BCUT2D eigenvalue weighted by atomic mass is 16.2. The van der Waals surface area contributed by atoms with Gasteiger partial charge in [-0.3, -0.25) is 9.59 Å². The van der Waals surface area contributed by atoms with Crippen LogP contribution in [0.4, 0.5) is 4.79 Å². The fraction of sp³-hybridized carbons (Fsp3) is 0.353. The van der Waals surface area contributed by atoms with Crippen molar-refractivity contribution >= 4 is 11.9 Å². The SMILES string of the molecule is C=CC(=C)C(=O)N1CCC(NC(=O)NCc2ccc(=O)[nH]c2)CC1. The van der Waals surface area contributed by atoms with Crippen LogP contribution in [0.3, 0.4) is 0 Å². The van der Waals surface area contributed by atoms with Crippen LogP contribution in [0, 0.1) is 0 Å². The summed E-state index contributed by atoms with van der Waals surface area (Å²) in [5, 5.41) is 5.65. The van der Waals surface area contributed by atoms with Gasteiger partial charge in [-0.1, -0.05) is 25.3 Å². The summed E-state index contributed by atoms with van der Waals surface area (Å²) < 4.78 is 0. The van der Waals surface area contributed by atoms with Crippen LogP contribution in [0.2, 0.25) is 0 Å². The summed E-state index contributed by atoms with van der Waals surface area (Å²) in [5.74, 6) is -0.106. The molecular weight excluding hydrogens is 308 g/mol. The molecule has 1 saturated heterocycles. The molecule has 0 radical (unpaired) electrons. The van der Waals surface area contributed by atoms with Crippen molar-refractivity contribution in [3.8, 4) is 0 Å². The number of nitrogens with zero attached hydrogens (tertiary/aromatic N) is 1. The van der Waals surface area contributed by atoms with E-state index in [1.807, 2.05) is 0 Å². The van der Waals surface area contributed by atoms with Crippen LogP contribution >= 0.6 is 0 Å². The van der Waals surface area contributed by atoms with Gasteiger partial charge in [-0.2, -0.15) is 0 Å². The first kappa shape index (κ1) is 17.5. The fourth-order valence-electron chi connectivity index (χ4n) is 2.49. The molecule has 3 amide bonds. The molecule has 128 valence electrons. The van der Waals surface area contributed by atoms with Crippen molar-refractivity contribution < 1.29 is 9.59 Å². The molecule has 3 N–H and O–H groups in total. The summed E-state index contributed by atoms with van der Waals surface area (Å²) in [4.78, 5) is 39.1. The number of aromatic amines is 1. The molecule has 0 unspecified atom stereocenters. The topological polar surface area (TPSA) is 94.3 Å². The largest absolute Gasteiger partial charge is 0.339 e. The number of likely N-dealkylation sites (tertiary alicyclic amines) is 1. The van der Waals surface area contributed by atoms with Crippen LogP contribution in [0.1, 0.15) is 18.4 Å². The third-order valence-corrected chi connectivity index (χ3v) is 3.94. The maximum absolute atomic E-state index is 12.0. The Bertz CT molecular complexity index is 667. The zero-order valence-electron chi connectivity index (χ0n) is 13.5. The predicted octanol–water partition coefficient (Wildman–Crippen LogP) is 0.907. The summed E-state index contributed by atoms with van der Waals surface area (Å²) in [5.41, 5.74) is 1.02. The average molecular weight is 330 g/mol. The number of piperidine rings is 1. The minimum absolute atomic E-state index is 0.0293. The van der Waals surface area contributed by atoms with Gasteiger partial charge in [0.05, 0.1) is 0 Å². The molecule has 2 rings (SSSR count). The minimum atomic E-state index is -0.263. The Hall–Kier alpha value is -2.83. The number of hydrogen-bond acceptors (Lipinski definition) is 3. The number of hydrogen-bond donors (Lipinski definition) is 3. The number of rotatable bonds is 5. The van der Waals surface area contributed by atoms with Crippen LogP contribution in [0.15, 0.2) is 47.9 Å². The van der Waals surface area contributed by atoms with Crippen molar-refractivity contribution in [1.82, 2.24) is 20.5 Å². The van der Waals surface area contributed by atoms with Crippen molar-refractivity contribution in [2.45, 2.75) is 25.4 Å². The number of amides is 3. The van der Waals surface area contributed by atoms with Crippen molar-refractivity contribution in [2.75, 3.05) is 13.1 Å². The molecule has 0 aromatic carbocycles. The Balaban J connectivity index is 1.73. The molecule has 1 aliphatic rings. The Kier molecular flexibility index (Phi) is 5.95. The van der Waals surface area contributed by atoms with Crippen LogP contribution in [0.5, 0.6) is 0 Å². The van der Waals surface area contributed by atoms with Crippen molar-refractivity contribution in [3.05, 3.63) is 59.1 Å². The number of carbonyl (C=O) groups is 2. The summed E-state index contributed by atoms with van der Waals surface area (Å²) in [6.07, 6.45) is 4.42. The number of aromatic nitrogens is 1. The predicted molar refractivity (Wildman–Crippen MR) is 91.4 cm³/mol. The van der Waals surface area contributed by atoms with Gasteiger partial charge in [0.1, 0.15) is 0 Å². The second kappa shape index (κ2) is 8.14. The van der Waals surface area contributed by atoms with Crippen LogP contribution in [-0.2, 0) is 11.3 Å². The Morgan fingerprint density at radius 1 is 1.33 bits per heavy atom. The molecule has 0 bridgehead atoms. The second-order valence-electron chi connectivity index (χ2n) is 5.68. The number of nitrogens with one attached hydrogen (secondary N) is 3. The zero-order valence-corrected chi connectivity index (χ0v) is 13.5. The van der Waals surface area contributed by atoms with E-state index in [0.29, 0.717) is 38.0 Å². The van der Waals surface area contributed by atoms with Gasteiger partial charge < -0.3 is 20.5 Å². The Labute approximate surface area is 140 Å². The molecule has 0 atom stereocenters. The normalized spacial score (nSPS) is 14.8. The molecular formula is C17H22N4O3. The van der Waals surface area contributed by atoms with E-state index in [1.165, 1.54) is 12.1 Å². The lowest BCUT2D eigenvalue weighted by atomic mass is 10.0. The van der Waals surface area contributed by atoms with E-state index >= 15 is 0 Å². The lowest BCUT2D eigenvalue weighted by molar-refractivity contribution is -0.127. The van der Waals surface area contributed by atoms with E-state index in [4.69, 9.17) is 0 Å². The highest BCUT2D eigenvalue weighted by Gasteiger charge is 2.24. The van der Waals surface area contributed by atoms with E-state index in [2.05, 4.69) is 28.8 Å². The van der Waals surface area contributed by atoms with Crippen molar-refractivity contribution in [3.63, 3.8) is 0 Å². The van der Waals surface area contributed by atoms with Crippen LogP contribution in [-0.4, -0.2) is 41.0 Å². The molecule has 24 heavy (non-hydrogen) atoms. The quantitative estimate of drug-likeness (QED) is 0.553. The van der Waals surface area contributed by atoms with Crippen LogP contribution in [0.25, 0.3) is 0 Å². The van der Waals surface area contributed by atoms with E-state index in [-0.39, 0.29) is 23.5 Å². The molecule has 2 heterocycles. The molecule has 1 aromatic rings. The molecule has 7 heteroatoms. The zero-order chi connectivity index (χ0) is 17.5. The molecule has 7 nitrogen and oxygen atoms in total. The minimum Gasteiger partial charge on any atom is -0.339 e. The van der Waals surface area contributed by atoms with Gasteiger partial charge in [0, 0.05) is 43.5 Å². The molecule has 0 aliphatic carbocycles. The van der Waals surface area contributed by atoms with Gasteiger partial charge in [0.25, 0.3) is 5.91 Å². The van der Waals surface area contributed by atoms with Gasteiger partial charge in [0.2, 0.25) is 5.56 Å². The molecule has 0 saturated carbocycles. The number of urea groups is 1. The van der Waals surface area contributed by atoms with E-state index in [9.17, 15) is 14.4 Å². The molecule has 0 spiro atoms. The monoisotopic (exact) mass is 330 g/mol. The first-order valence-electron chi connectivity index (χ1n) is 7.82. The summed E-state index contributed by atoms with van der Waals surface area (Å²) >= 11 is 0. The van der Waals surface area contributed by atoms with Crippen molar-refractivity contribution in [1.29, 1.82) is 0 Å². The maximum atomic E-state index is 12.0. The van der Waals surface area contributed by atoms with E-state index in [1.54, 1.807) is 17.2 Å². The fourth-order valence-corrected chi connectivity index (χ4v) is 2.49. The first-order valence-corrected chi connectivity index (χ1v) is 7.82. The number of H-pyrrole nitrogens is 1. The summed E-state index contributed by atoms with van der Waals surface area (Å²) in [7, 11) is 0. The smallest absolute Gasteiger partial charge is 0.315 e. The van der Waals surface area contributed by atoms with E-state index < -0.39 is 0 Å². The average Bonchev–Trinajstić information content (AvgIpc) is 2.60. The number of carbonyl (C=O) groups excluding carboxylic acids is 2. The first-order chi connectivity index (χ1) is 11.5. The summed E-state index contributed by atoms with van der Waals surface area (Å²) in [6.45, 7) is 8.70. The Morgan fingerprint density at radius 3 is 2.62 bits per heavy atom. The molecule has 1 aliphatic heterocycles. The third-order valence-electron chi connectivity index (χ3n) is 3.94. The Morgan fingerprint density at radius 2 is 2.04 bits per heavy atom. The summed E-state index contributed by atoms with van der Waals surface area (Å²) in [6, 6.07) is 2.84. The van der Waals surface area contributed by atoms with Gasteiger partial charge in [-0.05, 0) is 18.4 Å². The second-order valence-corrected chi connectivity index (χ2v) is 5.68. The van der Waals surface area contributed by atoms with Crippen molar-refractivity contribution in [2.24, 2.45) is 0 Å². The molecule has 1 aromatic heterocycles. The highest BCUT2D eigenvalue weighted by Crippen LogP contribution is 2.13. The standard InChI is InChI=1S/C17H22N4O3/c1-3-12(2)16(23)21-8-6-14(7-9-21)20-17(24)19-11-13-4-5-15(22)18-10-13/h3-5,10,14H,1-2,6-9,11H2,(H,18,22)(H2,19,20,24).